The Morgan fingerprint density at radius 3 is 2.79 bits per heavy atom. The molecule has 4 nitrogen and oxygen atoms in total. The number of carbonyl (C=O) groups is 1. The van der Waals surface area contributed by atoms with Crippen molar-refractivity contribution >= 4 is 5.91 Å². The van der Waals surface area contributed by atoms with Crippen molar-refractivity contribution in [3.8, 4) is 0 Å². The summed E-state index contributed by atoms with van der Waals surface area (Å²) < 4.78 is 5.16. The first-order chi connectivity index (χ1) is 9.22. The fraction of sp³-hybridized carbons (Fsp3) is 0.533. The van der Waals surface area contributed by atoms with Crippen molar-refractivity contribution in [2.75, 3.05) is 19.8 Å². The molecule has 1 aromatic carbocycles. The zero-order valence-electron chi connectivity index (χ0n) is 11.5. The van der Waals surface area contributed by atoms with Crippen molar-refractivity contribution < 1.29 is 14.6 Å². The molecule has 1 atom stereocenters. The summed E-state index contributed by atoms with van der Waals surface area (Å²) in [5.74, 6) is -0.0354. The van der Waals surface area contributed by atoms with Crippen LogP contribution in [0.25, 0.3) is 0 Å². The zero-order chi connectivity index (χ0) is 13.9. The Morgan fingerprint density at radius 1 is 1.37 bits per heavy atom. The number of rotatable bonds is 9. The van der Waals surface area contributed by atoms with Gasteiger partial charge in [-0.2, -0.15) is 0 Å². The predicted octanol–water partition coefficient (Wildman–Crippen LogP) is 1.52. The lowest BCUT2D eigenvalue weighted by Crippen LogP contribution is -2.33. The molecule has 4 heteroatoms. The van der Waals surface area contributed by atoms with E-state index in [4.69, 9.17) is 4.74 Å². The van der Waals surface area contributed by atoms with E-state index in [9.17, 15) is 9.90 Å². The molecule has 0 aromatic heterocycles. The Balaban J connectivity index is 2.12. The molecule has 0 aliphatic rings. The van der Waals surface area contributed by atoms with Crippen molar-refractivity contribution in [2.24, 2.45) is 0 Å². The van der Waals surface area contributed by atoms with E-state index >= 15 is 0 Å². The SMILES string of the molecule is CCOCCCC(=O)NC[C@@H](O)Cc1ccccc1. The summed E-state index contributed by atoms with van der Waals surface area (Å²) in [4.78, 5) is 11.5. The fourth-order valence-corrected chi connectivity index (χ4v) is 1.76. The molecule has 0 heterocycles. The van der Waals surface area contributed by atoms with Crippen LogP contribution in [0.2, 0.25) is 0 Å². The Hall–Kier alpha value is -1.39. The Bertz CT molecular complexity index is 354. The monoisotopic (exact) mass is 265 g/mol. The van der Waals surface area contributed by atoms with Crippen molar-refractivity contribution in [3.05, 3.63) is 35.9 Å². The molecule has 0 bridgehead atoms. The molecule has 1 rings (SSSR count). The molecule has 0 radical (unpaired) electrons. The van der Waals surface area contributed by atoms with Crippen molar-refractivity contribution in [1.29, 1.82) is 0 Å². The highest BCUT2D eigenvalue weighted by Crippen LogP contribution is 2.02. The molecule has 0 saturated heterocycles. The van der Waals surface area contributed by atoms with E-state index in [2.05, 4.69) is 5.32 Å². The third-order valence-electron chi connectivity index (χ3n) is 2.75. The van der Waals surface area contributed by atoms with Gasteiger partial charge >= 0.3 is 0 Å². The van der Waals surface area contributed by atoms with Gasteiger partial charge in [-0.1, -0.05) is 30.3 Å². The number of aliphatic hydroxyl groups excluding tert-OH is 1. The molecular weight excluding hydrogens is 242 g/mol. The summed E-state index contributed by atoms with van der Waals surface area (Å²) in [5.41, 5.74) is 1.07. The number of ether oxygens (including phenoxy) is 1. The van der Waals surface area contributed by atoms with Gasteiger partial charge in [-0.05, 0) is 18.9 Å². The first kappa shape index (κ1) is 15.7. The van der Waals surface area contributed by atoms with Gasteiger partial charge < -0.3 is 15.2 Å². The Morgan fingerprint density at radius 2 is 2.11 bits per heavy atom. The minimum Gasteiger partial charge on any atom is -0.391 e. The molecule has 0 aliphatic carbocycles. The standard InChI is InChI=1S/C15H23NO3/c1-2-19-10-6-9-15(18)16-12-14(17)11-13-7-4-3-5-8-13/h3-5,7-8,14,17H,2,6,9-12H2,1H3,(H,16,18)/t14-/m0/s1. The maximum Gasteiger partial charge on any atom is 0.220 e. The molecule has 0 unspecified atom stereocenters. The maximum absolute atomic E-state index is 11.5. The Kier molecular flexibility index (Phi) is 7.86. The molecule has 1 aromatic rings. The third kappa shape index (κ3) is 7.59. The minimum atomic E-state index is -0.543. The van der Waals surface area contributed by atoms with Crippen LogP contribution in [-0.2, 0) is 16.0 Å². The van der Waals surface area contributed by atoms with E-state index in [0.717, 1.165) is 5.56 Å². The molecule has 2 N–H and O–H groups in total. The molecule has 0 fully saturated rings. The lowest BCUT2D eigenvalue weighted by Gasteiger charge is -2.12. The van der Waals surface area contributed by atoms with Crippen molar-refractivity contribution in [2.45, 2.75) is 32.3 Å². The van der Waals surface area contributed by atoms with Crippen LogP contribution in [0.4, 0.5) is 0 Å². The fourth-order valence-electron chi connectivity index (χ4n) is 1.76. The number of nitrogens with one attached hydrogen (secondary N) is 1. The number of amides is 1. The second kappa shape index (κ2) is 9.53. The Labute approximate surface area is 114 Å². The second-order valence-corrected chi connectivity index (χ2v) is 4.45. The highest BCUT2D eigenvalue weighted by atomic mass is 16.5. The van der Waals surface area contributed by atoms with Gasteiger partial charge in [-0.25, -0.2) is 0 Å². The average Bonchev–Trinajstić information content (AvgIpc) is 2.42. The van der Waals surface area contributed by atoms with Gasteiger partial charge in [-0.3, -0.25) is 4.79 Å². The van der Waals surface area contributed by atoms with E-state index in [1.165, 1.54) is 0 Å². The van der Waals surface area contributed by atoms with Gasteiger partial charge in [0, 0.05) is 32.6 Å². The molecule has 19 heavy (non-hydrogen) atoms. The van der Waals surface area contributed by atoms with Gasteiger partial charge in [-0.15, -0.1) is 0 Å². The molecule has 0 saturated carbocycles. The largest absolute Gasteiger partial charge is 0.391 e. The van der Waals surface area contributed by atoms with Crippen LogP contribution in [0.1, 0.15) is 25.3 Å². The van der Waals surface area contributed by atoms with Gasteiger partial charge in [0.2, 0.25) is 5.91 Å². The molecule has 1 amide bonds. The summed E-state index contributed by atoms with van der Waals surface area (Å²) in [6, 6.07) is 9.75. The van der Waals surface area contributed by atoms with Crippen LogP contribution in [-0.4, -0.2) is 36.9 Å². The smallest absolute Gasteiger partial charge is 0.220 e. The number of aliphatic hydroxyl groups is 1. The van der Waals surface area contributed by atoms with Gasteiger partial charge in [0.05, 0.1) is 6.10 Å². The number of carbonyl (C=O) groups excluding carboxylic acids is 1. The molecule has 0 spiro atoms. The van der Waals surface area contributed by atoms with Crippen molar-refractivity contribution in [1.82, 2.24) is 5.32 Å². The average molecular weight is 265 g/mol. The van der Waals surface area contributed by atoms with Crippen LogP contribution in [0, 0.1) is 0 Å². The number of hydrogen-bond donors (Lipinski definition) is 2. The highest BCUT2D eigenvalue weighted by Gasteiger charge is 2.07. The van der Waals surface area contributed by atoms with Gasteiger partial charge in [0.1, 0.15) is 0 Å². The highest BCUT2D eigenvalue weighted by molar-refractivity contribution is 5.75. The van der Waals surface area contributed by atoms with Crippen LogP contribution in [0.15, 0.2) is 30.3 Å². The van der Waals surface area contributed by atoms with Crippen molar-refractivity contribution in [3.63, 3.8) is 0 Å². The summed E-state index contributed by atoms with van der Waals surface area (Å²) in [5, 5.41) is 12.6. The van der Waals surface area contributed by atoms with Gasteiger partial charge in [0.15, 0.2) is 0 Å². The normalized spacial score (nSPS) is 12.1. The molecular formula is C15H23NO3. The predicted molar refractivity (Wildman–Crippen MR) is 74.9 cm³/mol. The van der Waals surface area contributed by atoms with Gasteiger partial charge in [0.25, 0.3) is 0 Å². The van der Waals surface area contributed by atoms with Crippen LogP contribution >= 0.6 is 0 Å². The summed E-state index contributed by atoms with van der Waals surface area (Å²) >= 11 is 0. The van der Waals surface area contributed by atoms with Crippen LogP contribution in [0.3, 0.4) is 0 Å². The quantitative estimate of drug-likeness (QED) is 0.666. The van der Waals surface area contributed by atoms with E-state index in [1.807, 2.05) is 37.3 Å². The van der Waals surface area contributed by atoms with E-state index in [0.29, 0.717) is 39.0 Å². The first-order valence-corrected chi connectivity index (χ1v) is 6.78. The minimum absolute atomic E-state index is 0.0354. The lowest BCUT2D eigenvalue weighted by molar-refractivity contribution is -0.121. The first-order valence-electron chi connectivity index (χ1n) is 6.78. The summed E-state index contributed by atoms with van der Waals surface area (Å²) in [7, 11) is 0. The molecule has 106 valence electrons. The van der Waals surface area contributed by atoms with Crippen LogP contribution in [0.5, 0.6) is 0 Å². The van der Waals surface area contributed by atoms with E-state index in [1.54, 1.807) is 0 Å². The number of hydrogen-bond acceptors (Lipinski definition) is 3. The molecule has 0 aliphatic heterocycles. The topological polar surface area (TPSA) is 58.6 Å². The maximum atomic E-state index is 11.5. The van der Waals surface area contributed by atoms with Crippen LogP contribution < -0.4 is 5.32 Å². The third-order valence-corrected chi connectivity index (χ3v) is 2.75. The lowest BCUT2D eigenvalue weighted by atomic mass is 10.1. The number of benzene rings is 1. The van der Waals surface area contributed by atoms with E-state index < -0.39 is 6.10 Å². The zero-order valence-corrected chi connectivity index (χ0v) is 11.5. The summed E-state index contributed by atoms with van der Waals surface area (Å²) in [6.45, 7) is 3.51. The summed E-state index contributed by atoms with van der Waals surface area (Å²) in [6.07, 6.45) is 1.17. The van der Waals surface area contributed by atoms with E-state index in [-0.39, 0.29) is 5.91 Å². The second-order valence-electron chi connectivity index (χ2n) is 4.45.